The van der Waals surface area contributed by atoms with Crippen LogP contribution in [-0.4, -0.2) is 50.4 Å². The Labute approximate surface area is 137 Å². The molecule has 0 saturated carbocycles. The van der Waals surface area contributed by atoms with Gasteiger partial charge in [0, 0.05) is 13.1 Å². The first-order valence-electron chi connectivity index (χ1n) is 7.87. The van der Waals surface area contributed by atoms with Crippen LogP contribution in [0.4, 0.5) is 4.79 Å². The van der Waals surface area contributed by atoms with E-state index in [1.807, 2.05) is 39.0 Å². The second-order valence-corrected chi connectivity index (χ2v) is 5.95. The van der Waals surface area contributed by atoms with Crippen LogP contribution in [0.2, 0.25) is 0 Å². The molecule has 6 nitrogen and oxygen atoms in total. The van der Waals surface area contributed by atoms with E-state index in [0.717, 1.165) is 5.56 Å². The Morgan fingerprint density at radius 1 is 1.22 bits per heavy atom. The molecule has 1 aromatic rings. The van der Waals surface area contributed by atoms with Crippen LogP contribution in [0.5, 0.6) is 11.5 Å². The van der Waals surface area contributed by atoms with Crippen LogP contribution in [-0.2, 0) is 4.74 Å². The number of urea groups is 1. The second-order valence-electron chi connectivity index (χ2n) is 5.95. The van der Waals surface area contributed by atoms with E-state index in [0.29, 0.717) is 24.6 Å². The van der Waals surface area contributed by atoms with Crippen molar-refractivity contribution in [3.8, 4) is 11.5 Å². The third-order valence-electron chi connectivity index (χ3n) is 3.95. The third kappa shape index (κ3) is 4.28. The minimum Gasteiger partial charge on any atom is -0.493 e. The van der Waals surface area contributed by atoms with E-state index in [1.54, 1.807) is 19.1 Å². The Morgan fingerprint density at radius 2 is 1.83 bits per heavy atom. The van der Waals surface area contributed by atoms with Gasteiger partial charge in [-0.05, 0) is 38.5 Å². The van der Waals surface area contributed by atoms with Crippen molar-refractivity contribution in [1.82, 2.24) is 10.2 Å². The zero-order valence-electron chi connectivity index (χ0n) is 14.5. The van der Waals surface area contributed by atoms with Gasteiger partial charge in [0.25, 0.3) is 0 Å². The molecular weight excluding hydrogens is 296 g/mol. The number of carbonyl (C=O) groups excluding carboxylic acids is 1. The van der Waals surface area contributed by atoms with E-state index in [1.165, 1.54) is 0 Å². The van der Waals surface area contributed by atoms with Crippen molar-refractivity contribution in [2.75, 3.05) is 27.3 Å². The molecule has 2 rings (SSSR count). The predicted octanol–water partition coefficient (Wildman–Crippen LogP) is 2.58. The van der Waals surface area contributed by atoms with Crippen LogP contribution < -0.4 is 14.8 Å². The molecule has 128 valence electrons. The lowest BCUT2D eigenvalue weighted by molar-refractivity contribution is -0.0547. The van der Waals surface area contributed by atoms with Gasteiger partial charge in [0.2, 0.25) is 0 Å². The Balaban J connectivity index is 2.03. The van der Waals surface area contributed by atoms with Gasteiger partial charge in [0.1, 0.15) is 0 Å². The standard InChI is InChI=1S/C17H26N2O4/c1-11-9-19(10-12(2)23-11)17(20)18-13(3)14-6-7-15(21-4)16(8-14)22-5/h6-8,11-13H,9-10H2,1-5H3,(H,18,20). The summed E-state index contributed by atoms with van der Waals surface area (Å²) >= 11 is 0. The first-order valence-corrected chi connectivity index (χ1v) is 7.87. The van der Waals surface area contributed by atoms with E-state index in [4.69, 9.17) is 14.2 Å². The van der Waals surface area contributed by atoms with E-state index in [-0.39, 0.29) is 24.3 Å². The monoisotopic (exact) mass is 322 g/mol. The van der Waals surface area contributed by atoms with Crippen molar-refractivity contribution in [3.05, 3.63) is 23.8 Å². The molecule has 1 N–H and O–H groups in total. The summed E-state index contributed by atoms with van der Waals surface area (Å²) in [4.78, 5) is 14.3. The summed E-state index contributed by atoms with van der Waals surface area (Å²) in [5, 5.41) is 3.03. The lowest BCUT2D eigenvalue weighted by Crippen LogP contribution is -2.52. The maximum absolute atomic E-state index is 12.5. The van der Waals surface area contributed by atoms with Crippen molar-refractivity contribution >= 4 is 6.03 Å². The van der Waals surface area contributed by atoms with Crippen molar-refractivity contribution in [2.45, 2.75) is 39.0 Å². The zero-order valence-corrected chi connectivity index (χ0v) is 14.5. The Kier molecular flexibility index (Phi) is 5.71. The average Bonchev–Trinajstić information content (AvgIpc) is 2.53. The molecule has 0 aromatic heterocycles. The highest BCUT2D eigenvalue weighted by molar-refractivity contribution is 5.75. The third-order valence-corrected chi connectivity index (χ3v) is 3.95. The van der Waals surface area contributed by atoms with Crippen molar-refractivity contribution < 1.29 is 19.0 Å². The number of ether oxygens (including phenoxy) is 3. The maximum Gasteiger partial charge on any atom is 0.318 e. The molecule has 1 aromatic carbocycles. The fourth-order valence-corrected chi connectivity index (χ4v) is 2.83. The van der Waals surface area contributed by atoms with Crippen LogP contribution in [0.1, 0.15) is 32.4 Å². The fourth-order valence-electron chi connectivity index (χ4n) is 2.83. The van der Waals surface area contributed by atoms with Crippen LogP contribution in [0.3, 0.4) is 0 Å². The molecule has 0 radical (unpaired) electrons. The summed E-state index contributed by atoms with van der Waals surface area (Å²) in [5.41, 5.74) is 0.963. The molecule has 0 aliphatic carbocycles. The number of hydrogen-bond acceptors (Lipinski definition) is 4. The predicted molar refractivity (Wildman–Crippen MR) is 88.1 cm³/mol. The summed E-state index contributed by atoms with van der Waals surface area (Å²) in [5.74, 6) is 1.32. The smallest absolute Gasteiger partial charge is 0.318 e. The van der Waals surface area contributed by atoms with Crippen LogP contribution >= 0.6 is 0 Å². The zero-order chi connectivity index (χ0) is 17.0. The first kappa shape index (κ1) is 17.4. The number of hydrogen-bond donors (Lipinski definition) is 1. The van der Waals surface area contributed by atoms with Gasteiger partial charge in [-0.3, -0.25) is 0 Å². The molecular formula is C17H26N2O4. The summed E-state index contributed by atoms with van der Waals surface area (Å²) in [6.45, 7) is 7.12. The van der Waals surface area contributed by atoms with E-state index in [9.17, 15) is 4.79 Å². The summed E-state index contributed by atoms with van der Waals surface area (Å²) < 4.78 is 16.2. The quantitative estimate of drug-likeness (QED) is 0.925. The molecule has 1 fully saturated rings. The molecule has 23 heavy (non-hydrogen) atoms. The maximum atomic E-state index is 12.5. The number of benzene rings is 1. The highest BCUT2D eigenvalue weighted by Crippen LogP contribution is 2.30. The number of nitrogens with zero attached hydrogens (tertiary/aromatic N) is 1. The lowest BCUT2D eigenvalue weighted by Gasteiger charge is -2.35. The van der Waals surface area contributed by atoms with Gasteiger partial charge >= 0.3 is 6.03 Å². The Morgan fingerprint density at radius 3 is 2.39 bits per heavy atom. The first-order chi connectivity index (χ1) is 10.9. The van der Waals surface area contributed by atoms with Gasteiger partial charge in [-0.25, -0.2) is 4.79 Å². The van der Waals surface area contributed by atoms with E-state index in [2.05, 4.69) is 5.32 Å². The molecule has 0 spiro atoms. The molecule has 2 amide bonds. The molecule has 1 aliphatic heterocycles. The number of methoxy groups -OCH3 is 2. The molecule has 3 atom stereocenters. The normalized spacial score (nSPS) is 22.4. The van der Waals surface area contributed by atoms with Crippen molar-refractivity contribution in [2.24, 2.45) is 0 Å². The molecule has 1 aliphatic rings. The molecule has 1 heterocycles. The van der Waals surface area contributed by atoms with Gasteiger partial charge in [-0.1, -0.05) is 6.07 Å². The largest absolute Gasteiger partial charge is 0.493 e. The van der Waals surface area contributed by atoms with Crippen LogP contribution in [0.25, 0.3) is 0 Å². The van der Waals surface area contributed by atoms with Crippen LogP contribution in [0, 0.1) is 0 Å². The van der Waals surface area contributed by atoms with Crippen molar-refractivity contribution in [3.63, 3.8) is 0 Å². The minimum absolute atomic E-state index is 0.0564. The van der Waals surface area contributed by atoms with E-state index >= 15 is 0 Å². The molecule has 1 saturated heterocycles. The van der Waals surface area contributed by atoms with Crippen LogP contribution in [0.15, 0.2) is 18.2 Å². The fraction of sp³-hybridized carbons (Fsp3) is 0.588. The topological polar surface area (TPSA) is 60.0 Å². The van der Waals surface area contributed by atoms with Gasteiger partial charge in [0.15, 0.2) is 11.5 Å². The summed E-state index contributed by atoms with van der Waals surface area (Å²) in [7, 11) is 3.20. The molecule has 6 heteroatoms. The molecule has 3 unspecified atom stereocenters. The van der Waals surface area contributed by atoms with Gasteiger partial charge in [0.05, 0.1) is 32.5 Å². The number of rotatable bonds is 4. The summed E-state index contributed by atoms with van der Waals surface area (Å²) in [6, 6.07) is 5.45. The minimum atomic E-state index is -0.129. The summed E-state index contributed by atoms with van der Waals surface area (Å²) in [6.07, 6.45) is 0.113. The number of amides is 2. The number of morpholine rings is 1. The Hall–Kier alpha value is -1.95. The number of carbonyl (C=O) groups is 1. The Bertz CT molecular complexity index is 539. The van der Waals surface area contributed by atoms with Gasteiger partial charge in [-0.15, -0.1) is 0 Å². The average molecular weight is 322 g/mol. The number of nitrogens with one attached hydrogen (secondary N) is 1. The molecule has 0 bridgehead atoms. The highest BCUT2D eigenvalue weighted by Gasteiger charge is 2.26. The van der Waals surface area contributed by atoms with Crippen molar-refractivity contribution in [1.29, 1.82) is 0 Å². The van der Waals surface area contributed by atoms with E-state index < -0.39 is 0 Å². The van der Waals surface area contributed by atoms with Gasteiger partial charge < -0.3 is 24.4 Å². The second kappa shape index (κ2) is 7.55. The lowest BCUT2D eigenvalue weighted by atomic mass is 10.1. The SMILES string of the molecule is COc1ccc(C(C)NC(=O)N2CC(C)OC(C)C2)cc1OC. The van der Waals surface area contributed by atoms with Gasteiger partial charge in [-0.2, -0.15) is 0 Å². The highest BCUT2D eigenvalue weighted by atomic mass is 16.5.